The summed E-state index contributed by atoms with van der Waals surface area (Å²) in [5, 5.41) is 3.32. The number of halogens is 1. The fourth-order valence-electron chi connectivity index (χ4n) is 4.48. The summed E-state index contributed by atoms with van der Waals surface area (Å²) in [5.74, 6) is -0.362. The smallest absolute Gasteiger partial charge is 0.369 e. The van der Waals surface area contributed by atoms with Gasteiger partial charge in [-0.3, -0.25) is 9.69 Å². The molecule has 0 saturated carbocycles. The van der Waals surface area contributed by atoms with Gasteiger partial charge in [-0.05, 0) is 79.9 Å². The van der Waals surface area contributed by atoms with E-state index in [0.717, 1.165) is 16.3 Å². The molecule has 0 fully saturated rings. The Morgan fingerprint density at radius 3 is 2.34 bits per heavy atom. The average Bonchev–Trinajstić information content (AvgIpc) is 3.53. The van der Waals surface area contributed by atoms with Gasteiger partial charge >= 0.3 is 5.97 Å². The normalized spacial score (nSPS) is 12.3. The monoisotopic (exact) mass is 698 g/mol. The molecule has 0 bridgehead atoms. The molecule has 0 saturated heterocycles. The standard InChI is InChI=1S/C35H39ClN2O7S2/c1-6-43-34(40)33(45-27-16-12-24(13-17-27)9-8-20-47(41,42)29-18-14-26(36)15-19-29)38(5)32(39)25-10-7-11-28(21-25)44-22-31-37-30(23-46-31)35(2,3)4/h7,10-19,21,23,33H,6,8-9,20,22H2,1-5H3. The number of aryl methyl sites for hydroxylation is 1. The minimum Gasteiger partial charge on any atom is -0.486 e. The number of amides is 1. The second-order valence-electron chi connectivity index (χ2n) is 11.9. The van der Waals surface area contributed by atoms with Gasteiger partial charge in [-0.25, -0.2) is 18.2 Å². The third kappa shape index (κ3) is 10.0. The molecule has 47 heavy (non-hydrogen) atoms. The molecule has 1 unspecified atom stereocenters. The molecule has 0 spiro atoms. The molecule has 9 nitrogen and oxygen atoms in total. The molecule has 0 N–H and O–H groups in total. The van der Waals surface area contributed by atoms with Crippen LogP contribution in [0.25, 0.3) is 0 Å². The lowest BCUT2D eigenvalue weighted by atomic mass is 9.93. The second kappa shape index (κ2) is 15.8. The summed E-state index contributed by atoms with van der Waals surface area (Å²) in [4.78, 5) is 32.5. The van der Waals surface area contributed by atoms with Crippen molar-refractivity contribution in [3.8, 4) is 11.5 Å². The minimum absolute atomic E-state index is 0.0139. The highest BCUT2D eigenvalue weighted by atomic mass is 35.5. The molecule has 1 heterocycles. The number of hydrogen-bond acceptors (Lipinski definition) is 9. The summed E-state index contributed by atoms with van der Waals surface area (Å²) in [6, 6.07) is 19.8. The largest absolute Gasteiger partial charge is 0.486 e. The Hall–Kier alpha value is -3.93. The Bertz CT molecular complexity index is 1770. The lowest BCUT2D eigenvalue weighted by Crippen LogP contribution is -2.47. The number of benzene rings is 3. The first-order valence-electron chi connectivity index (χ1n) is 15.1. The molecule has 0 radical (unpaired) electrons. The molecule has 1 aromatic heterocycles. The van der Waals surface area contributed by atoms with Crippen molar-refractivity contribution in [2.75, 3.05) is 19.4 Å². The van der Waals surface area contributed by atoms with E-state index in [1.807, 2.05) is 5.38 Å². The topological polar surface area (TPSA) is 112 Å². The van der Waals surface area contributed by atoms with Crippen molar-refractivity contribution in [1.82, 2.24) is 9.88 Å². The third-order valence-electron chi connectivity index (χ3n) is 7.15. The zero-order valence-corrected chi connectivity index (χ0v) is 29.5. The number of esters is 1. The van der Waals surface area contributed by atoms with Crippen LogP contribution in [-0.4, -0.2) is 55.8 Å². The molecule has 250 valence electrons. The summed E-state index contributed by atoms with van der Waals surface area (Å²) in [6.45, 7) is 8.34. The molecule has 4 rings (SSSR count). The number of carbonyl (C=O) groups excluding carboxylic acids is 2. The Labute approximate surface area is 285 Å². The first-order chi connectivity index (χ1) is 22.3. The molecule has 0 aliphatic carbocycles. The maximum absolute atomic E-state index is 13.5. The Morgan fingerprint density at radius 2 is 1.70 bits per heavy atom. The van der Waals surface area contributed by atoms with Gasteiger partial charge < -0.3 is 14.2 Å². The zero-order chi connectivity index (χ0) is 34.2. The summed E-state index contributed by atoms with van der Waals surface area (Å²) in [6.07, 6.45) is -0.419. The van der Waals surface area contributed by atoms with E-state index in [2.05, 4.69) is 25.8 Å². The number of likely N-dealkylation sites (N-methyl/N-ethyl adjacent to an activating group) is 1. The van der Waals surface area contributed by atoms with Crippen molar-refractivity contribution < 1.29 is 32.2 Å². The number of sulfone groups is 1. The molecule has 1 atom stereocenters. The van der Waals surface area contributed by atoms with Gasteiger partial charge in [0.2, 0.25) is 0 Å². The van der Waals surface area contributed by atoms with Crippen molar-refractivity contribution in [2.24, 2.45) is 0 Å². The maximum Gasteiger partial charge on any atom is 0.369 e. The van der Waals surface area contributed by atoms with Crippen LogP contribution in [0.1, 0.15) is 60.7 Å². The number of rotatable bonds is 14. The van der Waals surface area contributed by atoms with Gasteiger partial charge in [-0.1, -0.05) is 50.6 Å². The van der Waals surface area contributed by atoms with Crippen LogP contribution in [0.15, 0.2) is 83.1 Å². The minimum atomic E-state index is -3.43. The van der Waals surface area contributed by atoms with E-state index in [0.29, 0.717) is 34.9 Å². The molecular formula is C35H39ClN2O7S2. The van der Waals surface area contributed by atoms with Crippen LogP contribution >= 0.6 is 22.9 Å². The number of hydrogen-bond donors (Lipinski definition) is 0. The Kier molecular flexibility index (Phi) is 12.1. The number of thiazole rings is 1. The number of carbonyl (C=O) groups is 2. The van der Waals surface area contributed by atoms with E-state index < -0.39 is 27.9 Å². The molecule has 12 heteroatoms. The predicted molar refractivity (Wildman–Crippen MR) is 183 cm³/mol. The molecule has 1 amide bonds. The van der Waals surface area contributed by atoms with Gasteiger partial charge in [-0.2, -0.15) is 0 Å². The van der Waals surface area contributed by atoms with Crippen molar-refractivity contribution in [3.05, 3.63) is 105 Å². The Balaban J connectivity index is 1.38. The average molecular weight is 699 g/mol. The van der Waals surface area contributed by atoms with Gasteiger partial charge in [-0.15, -0.1) is 11.3 Å². The van der Waals surface area contributed by atoms with Crippen LogP contribution in [0.4, 0.5) is 0 Å². The third-order valence-corrected chi connectivity index (χ3v) is 10.0. The van der Waals surface area contributed by atoms with Gasteiger partial charge in [0.15, 0.2) is 9.84 Å². The summed E-state index contributed by atoms with van der Waals surface area (Å²) in [7, 11) is -1.96. The summed E-state index contributed by atoms with van der Waals surface area (Å²) in [5.41, 5.74) is 2.13. The summed E-state index contributed by atoms with van der Waals surface area (Å²) < 4.78 is 42.4. The van der Waals surface area contributed by atoms with Gasteiger partial charge in [0.25, 0.3) is 12.1 Å². The quantitative estimate of drug-likeness (QED) is 0.101. The first kappa shape index (κ1) is 35.9. The zero-order valence-electron chi connectivity index (χ0n) is 27.1. The highest BCUT2D eigenvalue weighted by molar-refractivity contribution is 7.91. The van der Waals surface area contributed by atoms with Crippen molar-refractivity contribution in [2.45, 2.75) is 63.7 Å². The SMILES string of the molecule is CCOC(=O)C(Oc1ccc(CCCS(=O)(=O)c2ccc(Cl)cc2)cc1)N(C)C(=O)c1cccc(OCc2nc(C(C)(C)C)cs2)c1. The van der Waals surface area contributed by atoms with Crippen molar-refractivity contribution in [1.29, 1.82) is 0 Å². The van der Waals surface area contributed by atoms with Crippen molar-refractivity contribution >= 4 is 44.7 Å². The van der Waals surface area contributed by atoms with E-state index >= 15 is 0 Å². The predicted octanol–water partition coefficient (Wildman–Crippen LogP) is 7.12. The van der Waals surface area contributed by atoms with Crippen LogP contribution in [0, 0.1) is 0 Å². The van der Waals surface area contributed by atoms with E-state index in [-0.39, 0.29) is 29.3 Å². The van der Waals surface area contributed by atoms with Gasteiger partial charge in [0, 0.05) is 28.4 Å². The van der Waals surface area contributed by atoms with E-state index in [4.69, 9.17) is 25.8 Å². The molecule has 4 aromatic rings. The van der Waals surface area contributed by atoms with Crippen LogP contribution in [0.3, 0.4) is 0 Å². The lowest BCUT2D eigenvalue weighted by molar-refractivity contribution is -0.158. The fraction of sp³-hybridized carbons (Fsp3) is 0.343. The fourth-order valence-corrected chi connectivity index (χ4v) is 6.85. The number of aromatic nitrogens is 1. The number of ether oxygens (including phenoxy) is 3. The lowest BCUT2D eigenvalue weighted by Gasteiger charge is -2.27. The maximum atomic E-state index is 13.5. The van der Waals surface area contributed by atoms with Crippen LogP contribution in [-0.2, 0) is 37.8 Å². The van der Waals surface area contributed by atoms with E-state index in [1.54, 1.807) is 67.6 Å². The Morgan fingerprint density at radius 1 is 1.00 bits per heavy atom. The second-order valence-corrected chi connectivity index (χ2v) is 15.3. The molecule has 3 aromatic carbocycles. The molecule has 0 aliphatic heterocycles. The van der Waals surface area contributed by atoms with Crippen LogP contribution in [0.2, 0.25) is 5.02 Å². The van der Waals surface area contributed by atoms with Gasteiger partial charge in [0.05, 0.1) is 22.9 Å². The number of nitrogens with zero attached hydrogens (tertiary/aromatic N) is 2. The van der Waals surface area contributed by atoms with Gasteiger partial charge in [0.1, 0.15) is 23.1 Å². The highest BCUT2D eigenvalue weighted by Gasteiger charge is 2.31. The van der Waals surface area contributed by atoms with Crippen molar-refractivity contribution in [3.63, 3.8) is 0 Å². The summed E-state index contributed by atoms with van der Waals surface area (Å²) >= 11 is 7.39. The van der Waals surface area contributed by atoms with Crippen LogP contribution < -0.4 is 9.47 Å². The van der Waals surface area contributed by atoms with E-state index in [1.165, 1.54) is 35.4 Å². The first-order valence-corrected chi connectivity index (χ1v) is 18.0. The highest BCUT2D eigenvalue weighted by Crippen LogP contribution is 2.26. The molecular weight excluding hydrogens is 660 g/mol. The van der Waals surface area contributed by atoms with Crippen LogP contribution in [0.5, 0.6) is 11.5 Å². The van der Waals surface area contributed by atoms with E-state index in [9.17, 15) is 18.0 Å². The molecule has 0 aliphatic rings.